The predicted molar refractivity (Wildman–Crippen MR) is 91.5 cm³/mol. The van der Waals surface area contributed by atoms with Crippen molar-refractivity contribution in [3.05, 3.63) is 29.8 Å². The summed E-state index contributed by atoms with van der Waals surface area (Å²) in [5.41, 5.74) is 6.99. The van der Waals surface area contributed by atoms with Gasteiger partial charge in [-0.05, 0) is 30.0 Å². The number of nitrogens with one attached hydrogen (secondary N) is 1. The molecule has 0 aliphatic rings. The Morgan fingerprint density at radius 3 is 2.38 bits per heavy atom. The molecule has 0 aliphatic heterocycles. The Morgan fingerprint density at radius 1 is 1.21 bits per heavy atom. The lowest BCUT2D eigenvalue weighted by molar-refractivity contribution is -0.119. The van der Waals surface area contributed by atoms with Crippen LogP contribution in [0.25, 0.3) is 11.5 Å². The number of nitrogens with two attached hydrogens (primary N) is 1. The first-order valence-corrected chi connectivity index (χ1v) is 8.26. The summed E-state index contributed by atoms with van der Waals surface area (Å²) in [5, 5.41) is 9.58. The number of imide groups is 1. The van der Waals surface area contributed by atoms with Crippen molar-refractivity contribution in [3.8, 4) is 11.5 Å². The third-order valence-corrected chi connectivity index (χ3v) is 4.23. The van der Waals surface area contributed by atoms with Gasteiger partial charge in [0.05, 0.1) is 5.25 Å². The second-order valence-corrected chi connectivity index (χ2v) is 7.61. The first kappa shape index (κ1) is 18.0. The molecular formula is C16H20N4O3S. The van der Waals surface area contributed by atoms with Crippen molar-refractivity contribution in [2.45, 2.75) is 43.6 Å². The van der Waals surface area contributed by atoms with Crippen LogP contribution in [0.5, 0.6) is 0 Å². The molecular weight excluding hydrogens is 328 g/mol. The van der Waals surface area contributed by atoms with E-state index in [2.05, 4.69) is 31.0 Å². The van der Waals surface area contributed by atoms with E-state index in [1.807, 2.05) is 29.6 Å². The highest BCUT2D eigenvalue weighted by atomic mass is 32.2. The summed E-state index contributed by atoms with van der Waals surface area (Å²) in [6, 6.07) is 7.00. The number of urea groups is 1. The van der Waals surface area contributed by atoms with Gasteiger partial charge in [0.2, 0.25) is 11.8 Å². The molecule has 1 atom stereocenters. The van der Waals surface area contributed by atoms with Crippen LogP contribution in [-0.2, 0) is 10.2 Å². The zero-order valence-electron chi connectivity index (χ0n) is 14.0. The topological polar surface area (TPSA) is 111 Å². The van der Waals surface area contributed by atoms with Crippen LogP contribution in [0.1, 0.15) is 33.3 Å². The lowest BCUT2D eigenvalue weighted by atomic mass is 9.87. The lowest BCUT2D eigenvalue weighted by Gasteiger charge is -2.18. The number of aromatic nitrogens is 2. The largest absolute Gasteiger partial charge is 0.411 e. The van der Waals surface area contributed by atoms with Crippen molar-refractivity contribution in [1.29, 1.82) is 0 Å². The highest BCUT2D eigenvalue weighted by molar-refractivity contribution is 8.00. The first-order chi connectivity index (χ1) is 11.2. The molecule has 1 aromatic heterocycles. The molecule has 2 rings (SSSR count). The fourth-order valence-electron chi connectivity index (χ4n) is 1.91. The Morgan fingerprint density at radius 2 is 1.83 bits per heavy atom. The molecule has 1 aromatic carbocycles. The van der Waals surface area contributed by atoms with Gasteiger partial charge in [0, 0.05) is 5.56 Å². The number of thioether (sulfide) groups is 1. The highest BCUT2D eigenvalue weighted by Gasteiger charge is 2.20. The molecule has 8 heteroatoms. The fourth-order valence-corrected chi connectivity index (χ4v) is 2.60. The molecule has 0 aliphatic carbocycles. The Bertz CT molecular complexity index is 735. The summed E-state index contributed by atoms with van der Waals surface area (Å²) in [6.07, 6.45) is 0. The molecule has 0 spiro atoms. The maximum absolute atomic E-state index is 11.6. The summed E-state index contributed by atoms with van der Waals surface area (Å²) in [4.78, 5) is 22.3. The number of carbonyl (C=O) groups is 2. The van der Waals surface area contributed by atoms with E-state index in [9.17, 15) is 9.59 Å². The SMILES string of the molecule is C[C@H](Sc1nnc(-c2ccc(C(C)(C)C)cc2)o1)C(=O)NC(N)=O. The maximum Gasteiger partial charge on any atom is 0.318 e. The van der Waals surface area contributed by atoms with E-state index >= 15 is 0 Å². The van der Waals surface area contributed by atoms with Gasteiger partial charge in [0.1, 0.15) is 0 Å². The van der Waals surface area contributed by atoms with E-state index < -0.39 is 17.2 Å². The smallest absolute Gasteiger partial charge is 0.318 e. The number of benzene rings is 1. The molecule has 24 heavy (non-hydrogen) atoms. The fraction of sp³-hybridized carbons (Fsp3) is 0.375. The van der Waals surface area contributed by atoms with Gasteiger partial charge in [-0.15, -0.1) is 10.2 Å². The number of amides is 3. The van der Waals surface area contributed by atoms with E-state index in [0.29, 0.717) is 5.89 Å². The van der Waals surface area contributed by atoms with Crippen LogP contribution >= 0.6 is 11.8 Å². The van der Waals surface area contributed by atoms with Crippen molar-refractivity contribution in [1.82, 2.24) is 15.5 Å². The third kappa shape index (κ3) is 4.58. The van der Waals surface area contributed by atoms with E-state index in [0.717, 1.165) is 17.3 Å². The molecule has 1 heterocycles. The minimum absolute atomic E-state index is 0.0671. The minimum Gasteiger partial charge on any atom is -0.411 e. The van der Waals surface area contributed by atoms with Crippen LogP contribution in [0.2, 0.25) is 0 Å². The second kappa shape index (κ2) is 7.04. The van der Waals surface area contributed by atoms with E-state index in [-0.39, 0.29) is 10.6 Å². The average Bonchev–Trinajstić information content (AvgIpc) is 2.94. The van der Waals surface area contributed by atoms with Gasteiger partial charge in [-0.2, -0.15) is 0 Å². The molecule has 0 unspecified atom stereocenters. The minimum atomic E-state index is -0.891. The number of carbonyl (C=O) groups excluding carboxylic acids is 2. The van der Waals surface area contributed by atoms with Crippen molar-refractivity contribution >= 4 is 23.7 Å². The molecule has 2 aromatic rings. The number of hydrogen-bond acceptors (Lipinski definition) is 6. The quantitative estimate of drug-likeness (QED) is 0.822. The standard InChI is InChI=1S/C16H20N4O3S/c1-9(12(21)18-14(17)22)24-15-20-19-13(23-15)10-5-7-11(8-6-10)16(2,3)4/h5-9H,1-4H3,(H3,17,18,21,22)/t9-/m0/s1. The van der Waals surface area contributed by atoms with Crippen molar-refractivity contribution in [2.75, 3.05) is 0 Å². The van der Waals surface area contributed by atoms with Crippen LogP contribution in [0, 0.1) is 0 Å². The normalized spacial score (nSPS) is 12.7. The Labute approximate surface area is 144 Å². The number of primary amides is 1. The molecule has 0 fully saturated rings. The number of hydrogen-bond donors (Lipinski definition) is 2. The first-order valence-electron chi connectivity index (χ1n) is 7.38. The van der Waals surface area contributed by atoms with Gasteiger partial charge in [0.25, 0.3) is 5.22 Å². The van der Waals surface area contributed by atoms with Gasteiger partial charge in [0.15, 0.2) is 0 Å². The zero-order chi connectivity index (χ0) is 17.9. The maximum atomic E-state index is 11.6. The average molecular weight is 348 g/mol. The molecule has 0 saturated carbocycles. The second-order valence-electron chi connectivity index (χ2n) is 6.31. The summed E-state index contributed by atoms with van der Waals surface area (Å²) >= 11 is 1.06. The molecule has 0 bridgehead atoms. The summed E-state index contributed by atoms with van der Waals surface area (Å²) in [5.74, 6) is -0.137. The summed E-state index contributed by atoms with van der Waals surface area (Å²) < 4.78 is 5.57. The third-order valence-electron chi connectivity index (χ3n) is 3.30. The lowest BCUT2D eigenvalue weighted by Crippen LogP contribution is -2.39. The Balaban J connectivity index is 2.08. The van der Waals surface area contributed by atoms with Crippen molar-refractivity contribution < 1.29 is 14.0 Å². The van der Waals surface area contributed by atoms with E-state index in [1.54, 1.807) is 6.92 Å². The number of rotatable bonds is 4. The monoisotopic (exact) mass is 348 g/mol. The molecule has 0 radical (unpaired) electrons. The summed E-state index contributed by atoms with van der Waals surface area (Å²) in [6.45, 7) is 8.04. The Kier molecular flexibility index (Phi) is 5.28. The van der Waals surface area contributed by atoms with Crippen LogP contribution < -0.4 is 11.1 Å². The summed E-state index contributed by atoms with van der Waals surface area (Å²) in [7, 11) is 0. The van der Waals surface area contributed by atoms with Crippen LogP contribution in [0.15, 0.2) is 33.9 Å². The molecule has 3 N–H and O–H groups in total. The zero-order valence-corrected chi connectivity index (χ0v) is 14.8. The van der Waals surface area contributed by atoms with Crippen molar-refractivity contribution in [2.24, 2.45) is 5.73 Å². The van der Waals surface area contributed by atoms with Crippen molar-refractivity contribution in [3.63, 3.8) is 0 Å². The van der Waals surface area contributed by atoms with Gasteiger partial charge in [-0.3, -0.25) is 10.1 Å². The molecule has 0 saturated heterocycles. The molecule has 128 valence electrons. The van der Waals surface area contributed by atoms with Gasteiger partial charge < -0.3 is 10.2 Å². The Hall–Kier alpha value is -2.35. The molecule has 7 nitrogen and oxygen atoms in total. The van der Waals surface area contributed by atoms with Gasteiger partial charge in [-0.1, -0.05) is 44.7 Å². The predicted octanol–water partition coefficient (Wildman–Crippen LogP) is 2.71. The van der Waals surface area contributed by atoms with Gasteiger partial charge in [-0.25, -0.2) is 4.79 Å². The van der Waals surface area contributed by atoms with Gasteiger partial charge >= 0.3 is 6.03 Å². The molecule has 3 amide bonds. The van der Waals surface area contributed by atoms with Crippen LogP contribution in [0.3, 0.4) is 0 Å². The van der Waals surface area contributed by atoms with Crippen LogP contribution in [0.4, 0.5) is 4.79 Å². The van der Waals surface area contributed by atoms with E-state index in [4.69, 9.17) is 10.2 Å². The van der Waals surface area contributed by atoms with Crippen LogP contribution in [-0.4, -0.2) is 27.4 Å². The highest BCUT2D eigenvalue weighted by Crippen LogP contribution is 2.28. The van der Waals surface area contributed by atoms with E-state index in [1.165, 1.54) is 5.56 Å². The number of nitrogens with zero attached hydrogens (tertiary/aromatic N) is 2.